The van der Waals surface area contributed by atoms with Gasteiger partial charge in [-0.3, -0.25) is 4.79 Å². The maximum absolute atomic E-state index is 14.0. The number of halogens is 1. The number of hydrogen-bond acceptors (Lipinski definition) is 2. The van der Waals surface area contributed by atoms with E-state index in [-0.39, 0.29) is 11.7 Å². The number of carbonyl (C=O) groups is 1. The molecule has 2 aromatic rings. The quantitative estimate of drug-likeness (QED) is 0.912. The second-order valence-corrected chi connectivity index (χ2v) is 5.13. The van der Waals surface area contributed by atoms with Gasteiger partial charge in [-0.25, -0.2) is 9.37 Å². The summed E-state index contributed by atoms with van der Waals surface area (Å²) in [7, 11) is 0. The van der Waals surface area contributed by atoms with Gasteiger partial charge in [0.2, 0.25) is 5.91 Å². The van der Waals surface area contributed by atoms with Crippen LogP contribution in [0.5, 0.6) is 0 Å². The predicted molar refractivity (Wildman–Crippen MR) is 74.8 cm³/mol. The lowest BCUT2D eigenvalue weighted by Gasteiger charge is -2.09. The normalized spacial score (nSPS) is 10.8. The first-order chi connectivity index (χ1) is 9.56. The lowest BCUT2D eigenvalue weighted by Crippen LogP contribution is -2.24. The van der Waals surface area contributed by atoms with E-state index < -0.39 is 0 Å². The van der Waals surface area contributed by atoms with E-state index in [1.54, 1.807) is 35.4 Å². The van der Waals surface area contributed by atoms with Crippen LogP contribution in [-0.2, 0) is 11.3 Å². The molecule has 0 aliphatic rings. The van der Waals surface area contributed by atoms with Crippen LogP contribution in [0.4, 0.5) is 4.39 Å². The number of benzene rings is 1. The first kappa shape index (κ1) is 14.2. The number of rotatable bonds is 5. The smallest absolute Gasteiger partial charge is 0.220 e. The standard InChI is InChI=1S/C15H18FN3O/c1-11(2)7-15(20)18-9-12-3-4-14(13(16)8-12)19-6-5-17-10-19/h3-6,8,10-11H,7,9H2,1-2H3,(H,18,20). The van der Waals surface area contributed by atoms with Gasteiger partial charge in [0.05, 0.1) is 12.0 Å². The molecule has 20 heavy (non-hydrogen) atoms. The molecule has 0 atom stereocenters. The molecule has 5 heteroatoms. The summed E-state index contributed by atoms with van der Waals surface area (Å²) in [5, 5.41) is 2.79. The van der Waals surface area contributed by atoms with Crippen molar-refractivity contribution in [3.63, 3.8) is 0 Å². The van der Waals surface area contributed by atoms with E-state index in [1.807, 2.05) is 13.8 Å². The molecular weight excluding hydrogens is 257 g/mol. The van der Waals surface area contributed by atoms with Crippen molar-refractivity contribution < 1.29 is 9.18 Å². The molecule has 0 saturated heterocycles. The van der Waals surface area contributed by atoms with Gasteiger partial charge in [0, 0.05) is 25.4 Å². The highest BCUT2D eigenvalue weighted by molar-refractivity contribution is 5.76. The molecule has 0 unspecified atom stereocenters. The highest BCUT2D eigenvalue weighted by atomic mass is 19.1. The van der Waals surface area contributed by atoms with E-state index in [4.69, 9.17) is 0 Å². The predicted octanol–water partition coefficient (Wildman–Crippen LogP) is 2.67. The first-order valence-corrected chi connectivity index (χ1v) is 6.59. The zero-order chi connectivity index (χ0) is 14.5. The van der Waals surface area contributed by atoms with Gasteiger partial charge in [0.15, 0.2) is 0 Å². The number of carbonyl (C=O) groups excluding carboxylic acids is 1. The maximum Gasteiger partial charge on any atom is 0.220 e. The number of imidazole rings is 1. The molecule has 0 spiro atoms. The highest BCUT2D eigenvalue weighted by Crippen LogP contribution is 2.15. The molecule has 4 nitrogen and oxygen atoms in total. The molecule has 1 aromatic carbocycles. The van der Waals surface area contributed by atoms with E-state index in [0.29, 0.717) is 24.6 Å². The van der Waals surface area contributed by atoms with Crippen LogP contribution in [0.2, 0.25) is 0 Å². The van der Waals surface area contributed by atoms with Crippen molar-refractivity contribution in [2.75, 3.05) is 0 Å². The number of nitrogens with zero attached hydrogens (tertiary/aromatic N) is 2. The second kappa shape index (κ2) is 6.32. The summed E-state index contributed by atoms with van der Waals surface area (Å²) in [4.78, 5) is 15.4. The number of hydrogen-bond donors (Lipinski definition) is 1. The third kappa shape index (κ3) is 3.66. The maximum atomic E-state index is 14.0. The minimum absolute atomic E-state index is 0.0147. The Morgan fingerprint density at radius 1 is 1.45 bits per heavy atom. The summed E-state index contributed by atoms with van der Waals surface area (Å²) in [5.74, 6) is -0.0342. The largest absolute Gasteiger partial charge is 0.352 e. The van der Waals surface area contributed by atoms with E-state index >= 15 is 0 Å². The third-order valence-corrected chi connectivity index (χ3v) is 2.88. The second-order valence-electron chi connectivity index (χ2n) is 5.13. The van der Waals surface area contributed by atoms with E-state index in [1.165, 1.54) is 6.07 Å². The van der Waals surface area contributed by atoms with Crippen molar-refractivity contribution in [2.24, 2.45) is 5.92 Å². The average molecular weight is 275 g/mol. The molecule has 0 aliphatic heterocycles. The topological polar surface area (TPSA) is 46.9 Å². The minimum atomic E-state index is -0.335. The molecular formula is C15H18FN3O. The molecule has 2 rings (SSSR count). The molecule has 0 radical (unpaired) electrons. The molecule has 1 heterocycles. The zero-order valence-corrected chi connectivity index (χ0v) is 11.6. The van der Waals surface area contributed by atoms with Gasteiger partial charge in [-0.2, -0.15) is 0 Å². The average Bonchev–Trinajstić information content (AvgIpc) is 2.89. The van der Waals surface area contributed by atoms with E-state index in [0.717, 1.165) is 5.56 Å². The van der Waals surface area contributed by atoms with Gasteiger partial charge in [-0.15, -0.1) is 0 Å². The van der Waals surface area contributed by atoms with Crippen molar-refractivity contribution in [1.29, 1.82) is 0 Å². The molecule has 1 amide bonds. The monoisotopic (exact) mass is 275 g/mol. The summed E-state index contributed by atoms with van der Waals surface area (Å²) in [6.07, 6.45) is 5.31. The zero-order valence-electron chi connectivity index (χ0n) is 11.6. The van der Waals surface area contributed by atoms with Crippen LogP contribution in [-0.4, -0.2) is 15.5 Å². The Bertz CT molecular complexity index is 579. The van der Waals surface area contributed by atoms with E-state index in [2.05, 4.69) is 10.3 Å². The fraction of sp³-hybridized carbons (Fsp3) is 0.333. The lowest BCUT2D eigenvalue weighted by molar-refractivity contribution is -0.121. The lowest BCUT2D eigenvalue weighted by atomic mass is 10.1. The SMILES string of the molecule is CC(C)CC(=O)NCc1ccc(-n2ccnc2)c(F)c1. The Morgan fingerprint density at radius 2 is 2.25 bits per heavy atom. The van der Waals surface area contributed by atoms with Gasteiger partial charge in [-0.1, -0.05) is 19.9 Å². The molecule has 0 fully saturated rings. The van der Waals surface area contributed by atoms with Crippen LogP contribution in [0.15, 0.2) is 36.9 Å². The van der Waals surface area contributed by atoms with E-state index in [9.17, 15) is 9.18 Å². The molecule has 1 N–H and O–H groups in total. The van der Waals surface area contributed by atoms with Crippen LogP contribution >= 0.6 is 0 Å². The third-order valence-electron chi connectivity index (χ3n) is 2.88. The summed E-state index contributed by atoms with van der Waals surface area (Å²) in [6.45, 7) is 4.31. The van der Waals surface area contributed by atoms with Gasteiger partial charge < -0.3 is 9.88 Å². The number of amides is 1. The van der Waals surface area contributed by atoms with Crippen molar-refractivity contribution in [1.82, 2.24) is 14.9 Å². The highest BCUT2D eigenvalue weighted by Gasteiger charge is 2.07. The van der Waals surface area contributed by atoms with Crippen LogP contribution in [0.25, 0.3) is 5.69 Å². The van der Waals surface area contributed by atoms with Crippen molar-refractivity contribution in [3.8, 4) is 5.69 Å². The minimum Gasteiger partial charge on any atom is -0.352 e. The molecule has 0 bridgehead atoms. The van der Waals surface area contributed by atoms with Crippen LogP contribution in [0.1, 0.15) is 25.8 Å². The molecule has 106 valence electrons. The Hall–Kier alpha value is -2.17. The fourth-order valence-electron chi connectivity index (χ4n) is 1.91. The fourth-order valence-corrected chi connectivity index (χ4v) is 1.91. The Labute approximate surface area is 117 Å². The van der Waals surface area contributed by atoms with Crippen molar-refractivity contribution in [3.05, 3.63) is 48.3 Å². The molecule has 0 saturated carbocycles. The first-order valence-electron chi connectivity index (χ1n) is 6.59. The van der Waals surface area contributed by atoms with Crippen molar-refractivity contribution >= 4 is 5.91 Å². The van der Waals surface area contributed by atoms with Crippen LogP contribution in [0, 0.1) is 11.7 Å². The summed E-state index contributed by atoms with van der Waals surface area (Å²) < 4.78 is 15.6. The number of aromatic nitrogens is 2. The van der Waals surface area contributed by atoms with Crippen LogP contribution in [0.3, 0.4) is 0 Å². The summed E-state index contributed by atoms with van der Waals surface area (Å²) in [5.41, 5.74) is 1.18. The van der Waals surface area contributed by atoms with Crippen LogP contribution < -0.4 is 5.32 Å². The number of nitrogens with one attached hydrogen (secondary N) is 1. The molecule has 1 aromatic heterocycles. The van der Waals surface area contributed by atoms with Gasteiger partial charge in [0.25, 0.3) is 0 Å². The van der Waals surface area contributed by atoms with Gasteiger partial charge >= 0.3 is 0 Å². The Balaban J connectivity index is 2.01. The van der Waals surface area contributed by atoms with Gasteiger partial charge in [-0.05, 0) is 23.6 Å². The summed E-state index contributed by atoms with van der Waals surface area (Å²) in [6, 6.07) is 4.92. The summed E-state index contributed by atoms with van der Waals surface area (Å²) >= 11 is 0. The van der Waals surface area contributed by atoms with Crippen molar-refractivity contribution in [2.45, 2.75) is 26.8 Å². The van der Waals surface area contributed by atoms with Gasteiger partial charge in [0.1, 0.15) is 5.82 Å². The Kier molecular flexibility index (Phi) is 4.50. The Morgan fingerprint density at radius 3 is 2.85 bits per heavy atom. The molecule has 0 aliphatic carbocycles.